The third kappa shape index (κ3) is 4.66. The highest BCUT2D eigenvalue weighted by molar-refractivity contribution is 5.58. The van der Waals surface area contributed by atoms with E-state index in [1.54, 1.807) is 0 Å². The molecule has 2 aromatic rings. The number of nitrogens with zero attached hydrogens (tertiary/aromatic N) is 3. The van der Waals surface area contributed by atoms with Gasteiger partial charge in [0.2, 0.25) is 5.95 Å². The van der Waals surface area contributed by atoms with Crippen LogP contribution in [0, 0.1) is 6.92 Å². The molecule has 0 atom stereocenters. The standard InChI is InChI=1S/C18H25N5/c1-13-4-8-15(9-5-13)20-17-12-16(14-6-7-14)21-18(22-17)19-10-11-23(2)3/h4-5,8-9,12,14H,6-7,10-11H2,1-3H3,(H2,19,20,21,22). The van der Waals surface area contributed by atoms with E-state index in [1.807, 2.05) is 0 Å². The summed E-state index contributed by atoms with van der Waals surface area (Å²) in [5, 5.41) is 6.72. The summed E-state index contributed by atoms with van der Waals surface area (Å²) < 4.78 is 0. The van der Waals surface area contributed by atoms with Gasteiger partial charge >= 0.3 is 0 Å². The second-order valence-corrected chi connectivity index (χ2v) is 6.50. The van der Waals surface area contributed by atoms with Gasteiger partial charge in [-0.2, -0.15) is 4.98 Å². The summed E-state index contributed by atoms with van der Waals surface area (Å²) in [4.78, 5) is 11.4. The summed E-state index contributed by atoms with van der Waals surface area (Å²) in [6, 6.07) is 10.4. The number of rotatable bonds is 7. The maximum Gasteiger partial charge on any atom is 0.224 e. The number of anilines is 3. The predicted molar refractivity (Wildman–Crippen MR) is 95.5 cm³/mol. The molecule has 23 heavy (non-hydrogen) atoms. The lowest BCUT2D eigenvalue weighted by Gasteiger charge is -2.13. The Balaban J connectivity index is 1.75. The highest BCUT2D eigenvalue weighted by atomic mass is 15.2. The van der Waals surface area contributed by atoms with E-state index in [1.165, 1.54) is 18.4 Å². The van der Waals surface area contributed by atoms with Gasteiger partial charge in [-0.3, -0.25) is 0 Å². The van der Waals surface area contributed by atoms with Gasteiger partial charge in [-0.05, 0) is 46.0 Å². The molecule has 0 saturated heterocycles. The fraction of sp³-hybridized carbons (Fsp3) is 0.444. The Labute approximate surface area is 138 Å². The lowest BCUT2D eigenvalue weighted by molar-refractivity contribution is 0.425. The van der Waals surface area contributed by atoms with E-state index in [0.717, 1.165) is 30.3 Å². The molecule has 0 aliphatic heterocycles. The Morgan fingerprint density at radius 1 is 1.13 bits per heavy atom. The van der Waals surface area contributed by atoms with Crippen LogP contribution in [-0.4, -0.2) is 42.1 Å². The lowest BCUT2D eigenvalue weighted by Crippen LogP contribution is -2.21. The molecular weight excluding hydrogens is 286 g/mol. The van der Waals surface area contributed by atoms with Crippen molar-refractivity contribution in [2.24, 2.45) is 0 Å². The number of benzene rings is 1. The van der Waals surface area contributed by atoms with Crippen LogP contribution in [0.4, 0.5) is 17.5 Å². The number of aromatic nitrogens is 2. The van der Waals surface area contributed by atoms with Crippen molar-refractivity contribution < 1.29 is 0 Å². The highest BCUT2D eigenvalue weighted by Gasteiger charge is 2.26. The largest absolute Gasteiger partial charge is 0.353 e. The molecule has 1 aromatic carbocycles. The van der Waals surface area contributed by atoms with Crippen molar-refractivity contribution in [3.63, 3.8) is 0 Å². The minimum Gasteiger partial charge on any atom is -0.353 e. The predicted octanol–water partition coefficient (Wildman–Crippen LogP) is 3.38. The molecule has 0 amide bonds. The van der Waals surface area contributed by atoms with Gasteiger partial charge in [0.05, 0.1) is 5.69 Å². The highest BCUT2D eigenvalue weighted by Crippen LogP contribution is 2.40. The zero-order chi connectivity index (χ0) is 16.2. The van der Waals surface area contributed by atoms with Crippen LogP contribution in [0.3, 0.4) is 0 Å². The molecule has 1 aliphatic carbocycles. The first-order valence-corrected chi connectivity index (χ1v) is 8.21. The fourth-order valence-electron chi connectivity index (χ4n) is 2.37. The van der Waals surface area contributed by atoms with Crippen molar-refractivity contribution in [3.8, 4) is 0 Å². The monoisotopic (exact) mass is 311 g/mol. The SMILES string of the molecule is Cc1ccc(Nc2cc(C3CC3)nc(NCCN(C)C)n2)cc1. The third-order valence-corrected chi connectivity index (χ3v) is 3.91. The van der Waals surface area contributed by atoms with Crippen molar-refractivity contribution in [1.82, 2.24) is 14.9 Å². The van der Waals surface area contributed by atoms with Crippen LogP contribution in [0.2, 0.25) is 0 Å². The topological polar surface area (TPSA) is 53.1 Å². The second-order valence-electron chi connectivity index (χ2n) is 6.50. The van der Waals surface area contributed by atoms with Gasteiger partial charge < -0.3 is 15.5 Å². The van der Waals surface area contributed by atoms with E-state index in [2.05, 4.69) is 76.9 Å². The zero-order valence-electron chi connectivity index (χ0n) is 14.1. The Morgan fingerprint density at radius 3 is 2.52 bits per heavy atom. The summed E-state index contributed by atoms with van der Waals surface area (Å²) in [5.41, 5.74) is 3.44. The molecule has 1 saturated carbocycles. The van der Waals surface area contributed by atoms with E-state index >= 15 is 0 Å². The molecular formula is C18H25N5. The van der Waals surface area contributed by atoms with E-state index in [4.69, 9.17) is 0 Å². The van der Waals surface area contributed by atoms with Crippen LogP contribution in [-0.2, 0) is 0 Å². The minimum absolute atomic E-state index is 0.603. The van der Waals surface area contributed by atoms with E-state index in [0.29, 0.717) is 11.9 Å². The molecule has 0 unspecified atom stereocenters. The molecule has 1 aromatic heterocycles. The van der Waals surface area contributed by atoms with Gasteiger partial charge in [0.15, 0.2) is 0 Å². The Morgan fingerprint density at radius 2 is 1.87 bits per heavy atom. The van der Waals surface area contributed by atoms with Crippen LogP contribution in [0.1, 0.15) is 30.0 Å². The first-order chi connectivity index (χ1) is 11.1. The zero-order valence-corrected chi connectivity index (χ0v) is 14.1. The van der Waals surface area contributed by atoms with E-state index in [-0.39, 0.29) is 0 Å². The van der Waals surface area contributed by atoms with Crippen molar-refractivity contribution in [1.29, 1.82) is 0 Å². The molecule has 0 spiro atoms. The number of hydrogen-bond acceptors (Lipinski definition) is 5. The first kappa shape index (κ1) is 15.7. The van der Waals surface area contributed by atoms with Crippen molar-refractivity contribution >= 4 is 17.5 Å². The van der Waals surface area contributed by atoms with Gasteiger partial charge in [0.1, 0.15) is 5.82 Å². The van der Waals surface area contributed by atoms with Crippen molar-refractivity contribution in [2.45, 2.75) is 25.7 Å². The summed E-state index contributed by atoms with van der Waals surface area (Å²) in [7, 11) is 4.13. The number of aryl methyl sites for hydroxylation is 1. The van der Waals surface area contributed by atoms with Gasteiger partial charge in [0, 0.05) is 30.8 Å². The second kappa shape index (κ2) is 6.96. The quantitative estimate of drug-likeness (QED) is 0.821. The van der Waals surface area contributed by atoms with Crippen molar-refractivity contribution in [3.05, 3.63) is 41.6 Å². The Hall–Kier alpha value is -2.14. The molecule has 3 rings (SSSR count). The van der Waals surface area contributed by atoms with Crippen molar-refractivity contribution in [2.75, 3.05) is 37.8 Å². The van der Waals surface area contributed by atoms with E-state index in [9.17, 15) is 0 Å². The average Bonchev–Trinajstić information content (AvgIpc) is 3.34. The molecule has 1 fully saturated rings. The van der Waals surface area contributed by atoms with Gasteiger partial charge in [0.25, 0.3) is 0 Å². The molecule has 1 heterocycles. The van der Waals surface area contributed by atoms with Gasteiger partial charge in [-0.15, -0.1) is 0 Å². The summed E-state index contributed by atoms with van der Waals surface area (Å²) in [5.74, 6) is 2.18. The summed E-state index contributed by atoms with van der Waals surface area (Å²) >= 11 is 0. The van der Waals surface area contributed by atoms with E-state index < -0.39 is 0 Å². The molecule has 1 aliphatic rings. The molecule has 5 heteroatoms. The average molecular weight is 311 g/mol. The fourth-order valence-corrected chi connectivity index (χ4v) is 2.37. The normalized spacial score (nSPS) is 14.1. The summed E-state index contributed by atoms with van der Waals surface area (Å²) in [6.07, 6.45) is 2.47. The van der Waals surface area contributed by atoms with Crippen LogP contribution in [0.5, 0.6) is 0 Å². The molecule has 2 N–H and O–H groups in total. The molecule has 0 bridgehead atoms. The third-order valence-electron chi connectivity index (χ3n) is 3.91. The lowest BCUT2D eigenvalue weighted by atomic mass is 10.2. The number of hydrogen-bond donors (Lipinski definition) is 2. The molecule has 0 radical (unpaired) electrons. The minimum atomic E-state index is 0.603. The van der Waals surface area contributed by atoms with Gasteiger partial charge in [-0.25, -0.2) is 4.98 Å². The maximum absolute atomic E-state index is 4.67. The molecule has 5 nitrogen and oxygen atoms in total. The Kier molecular flexibility index (Phi) is 4.76. The van der Waals surface area contributed by atoms with Crippen LogP contribution < -0.4 is 10.6 Å². The smallest absolute Gasteiger partial charge is 0.224 e. The van der Waals surface area contributed by atoms with Gasteiger partial charge in [-0.1, -0.05) is 17.7 Å². The number of nitrogens with one attached hydrogen (secondary N) is 2. The Bertz CT molecular complexity index is 647. The summed E-state index contributed by atoms with van der Waals surface area (Å²) in [6.45, 7) is 3.88. The number of likely N-dealkylation sites (N-methyl/N-ethyl adjacent to an activating group) is 1. The maximum atomic E-state index is 4.67. The van der Waals surface area contributed by atoms with Crippen LogP contribution in [0.25, 0.3) is 0 Å². The molecule has 122 valence electrons. The van der Waals surface area contributed by atoms with Crippen LogP contribution in [0.15, 0.2) is 30.3 Å². The van der Waals surface area contributed by atoms with Crippen LogP contribution >= 0.6 is 0 Å². The first-order valence-electron chi connectivity index (χ1n) is 8.21.